The third kappa shape index (κ3) is 8.75. The average molecular weight is 194 g/mol. The first-order valence-corrected chi connectivity index (χ1v) is 4.69. The predicted molar refractivity (Wildman–Crippen MR) is 50.4 cm³/mol. The Labute approximate surface area is 103 Å². The van der Waals surface area contributed by atoms with Gasteiger partial charge in [0.2, 0.25) is 5.91 Å². The van der Waals surface area contributed by atoms with Gasteiger partial charge in [0.15, 0.2) is 0 Å². The number of nitrogens with one attached hydrogen (secondary N) is 2. The molecule has 0 aromatic heterocycles. The molecule has 0 fully saturated rings. The fourth-order valence-electron chi connectivity index (χ4n) is 1.13. The number of amides is 1. The standard InChI is InChI=1S/C9H19N2O.Na/c1-3-4-5-6-7-8(2)9(12)11-10;/h8,10H,3-7H2,1-2H3,(H,11,12);/q-1;+1. The Morgan fingerprint density at radius 3 is 2.46 bits per heavy atom. The molecule has 13 heavy (non-hydrogen) atoms. The number of carbonyl (C=O) groups is 1. The van der Waals surface area contributed by atoms with E-state index in [4.69, 9.17) is 5.84 Å². The van der Waals surface area contributed by atoms with E-state index < -0.39 is 0 Å². The van der Waals surface area contributed by atoms with Crippen molar-refractivity contribution in [2.24, 2.45) is 5.92 Å². The van der Waals surface area contributed by atoms with E-state index in [0.29, 0.717) is 0 Å². The number of carbonyl (C=O) groups excluding carboxylic acids is 1. The van der Waals surface area contributed by atoms with Crippen molar-refractivity contribution in [3.05, 3.63) is 5.84 Å². The van der Waals surface area contributed by atoms with Gasteiger partial charge in [0.1, 0.15) is 0 Å². The topological polar surface area (TPSA) is 52.9 Å². The molecule has 4 heteroatoms. The molecule has 0 aliphatic heterocycles. The summed E-state index contributed by atoms with van der Waals surface area (Å²) in [6.07, 6.45) is 5.67. The number of hydrogen-bond acceptors (Lipinski definition) is 1. The molecular weight excluding hydrogens is 175 g/mol. The Morgan fingerprint density at radius 1 is 1.38 bits per heavy atom. The van der Waals surface area contributed by atoms with E-state index in [2.05, 4.69) is 6.92 Å². The SMILES string of the molecule is CCCCCCC(C)C(=O)N[NH-].[Na+]. The molecule has 0 saturated heterocycles. The molecule has 0 saturated carbocycles. The molecule has 0 aliphatic rings. The third-order valence-corrected chi connectivity index (χ3v) is 2.06. The smallest absolute Gasteiger partial charge is 0.584 e. The second-order valence-corrected chi connectivity index (χ2v) is 3.24. The molecule has 72 valence electrons. The Balaban J connectivity index is 0. The monoisotopic (exact) mass is 194 g/mol. The minimum absolute atomic E-state index is 0. The van der Waals surface area contributed by atoms with Crippen molar-refractivity contribution < 1.29 is 34.4 Å². The summed E-state index contributed by atoms with van der Waals surface area (Å²) in [6, 6.07) is 0. The van der Waals surface area contributed by atoms with Crippen LogP contribution in [0, 0.1) is 5.92 Å². The molecule has 1 unspecified atom stereocenters. The van der Waals surface area contributed by atoms with Crippen molar-refractivity contribution in [3.8, 4) is 0 Å². The fourth-order valence-corrected chi connectivity index (χ4v) is 1.13. The maximum atomic E-state index is 10.9. The van der Waals surface area contributed by atoms with Crippen molar-refractivity contribution >= 4 is 5.91 Å². The van der Waals surface area contributed by atoms with Crippen LogP contribution >= 0.6 is 0 Å². The van der Waals surface area contributed by atoms with Crippen LogP contribution in [-0.2, 0) is 4.79 Å². The summed E-state index contributed by atoms with van der Waals surface area (Å²) in [6.45, 7) is 4.04. The zero-order chi connectivity index (χ0) is 9.40. The van der Waals surface area contributed by atoms with E-state index in [0.717, 1.165) is 12.8 Å². The van der Waals surface area contributed by atoms with Gasteiger partial charge in [-0.05, 0) is 6.42 Å². The predicted octanol–water partition coefficient (Wildman–Crippen LogP) is -0.320. The van der Waals surface area contributed by atoms with E-state index >= 15 is 0 Å². The first-order valence-electron chi connectivity index (χ1n) is 4.69. The first-order chi connectivity index (χ1) is 5.72. The Kier molecular flexibility index (Phi) is 12.8. The Hall–Kier alpha value is 0.430. The normalized spacial score (nSPS) is 11.6. The molecule has 0 heterocycles. The number of unbranched alkanes of at least 4 members (excludes halogenated alkanes) is 3. The molecule has 0 spiro atoms. The van der Waals surface area contributed by atoms with Crippen LogP contribution in [0.2, 0.25) is 0 Å². The number of hydrogen-bond donors (Lipinski definition) is 1. The van der Waals surface area contributed by atoms with Crippen molar-refractivity contribution in [2.45, 2.75) is 46.0 Å². The largest absolute Gasteiger partial charge is 1.00 e. The molecule has 0 aromatic rings. The first kappa shape index (κ1) is 15.9. The van der Waals surface area contributed by atoms with Gasteiger partial charge in [0, 0.05) is 5.92 Å². The van der Waals surface area contributed by atoms with Gasteiger partial charge in [-0.15, -0.1) is 0 Å². The maximum Gasteiger partial charge on any atom is 1.00 e. The van der Waals surface area contributed by atoms with Gasteiger partial charge < -0.3 is 11.3 Å². The molecular formula is C9H19N2NaO. The van der Waals surface area contributed by atoms with Crippen LogP contribution in [0.5, 0.6) is 0 Å². The van der Waals surface area contributed by atoms with Crippen LogP contribution < -0.4 is 35.0 Å². The van der Waals surface area contributed by atoms with Gasteiger partial charge in [0.25, 0.3) is 0 Å². The molecule has 3 nitrogen and oxygen atoms in total. The molecule has 0 aromatic carbocycles. The van der Waals surface area contributed by atoms with E-state index in [1.54, 1.807) is 0 Å². The Morgan fingerprint density at radius 2 is 2.00 bits per heavy atom. The van der Waals surface area contributed by atoms with Crippen LogP contribution in [0.4, 0.5) is 0 Å². The summed E-state index contributed by atoms with van der Waals surface area (Å²) in [5.74, 6) is 6.49. The average Bonchev–Trinajstić information content (AvgIpc) is 2.10. The quantitative estimate of drug-likeness (QED) is 0.352. The molecule has 0 bridgehead atoms. The Bertz CT molecular complexity index is 131. The van der Waals surface area contributed by atoms with Crippen LogP contribution in [0.3, 0.4) is 0 Å². The summed E-state index contributed by atoms with van der Waals surface area (Å²) in [5, 5.41) is 0. The van der Waals surface area contributed by atoms with Crippen LogP contribution in [-0.4, -0.2) is 5.91 Å². The summed E-state index contributed by atoms with van der Waals surface area (Å²) in [4.78, 5) is 10.9. The number of rotatable bonds is 6. The minimum Gasteiger partial charge on any atom is -0.584 e. The van der Waals surface area contributed by atoms with Crippen LogP contribution in [0.25, 0.3) is 5.84 Å². The van der Waals surface area contributed by atoms with Gasteiger partial charge in [-0.2, -0.15) is 0 Å². The second-order valence-electron chi connectivity index (χ2n) is 3.24. The van der Waals surface area contributed by atoms with Crippen molar-refractivity contribution in [2.75, 3.05) is 0 Å². The fraction of sp³-hybridized carbons (Fsp3) is 0.889. The third-order valence-electron chi connectivity index (χ3n) is 2.06. The van der Waals surface area contributed by atoms with E-state index in [1.165, 1.54) is 19.3 Å². The van der Waals surface area contributed by atoms with Gasteiger partial charge in [0.05, 0.1) is 0 Å². The van der Waals surface area contributed by atoms with Gasteiger partial charge in [-0.1, -0.05) is 39.5 Å². The molecule has 1 amide bonds. The van der Waals surface area contributed by atoms with Crippen LogP contribution in [0.1, 0.15) is 46.0 Å². The van der Waals surface area contributed by atoms with E-state index in [1.807, 2.05) is 12.3 Å². The summed E-state index contributed by atoms with van der Waals surface area (Å²) < 4.78 is 0. The molecule has 2 N–H and O–H groups in total. The van der Waals surface area contributed by atoms with Gasteiger partial charge in [-0.25, -0.2) is 0 Å². The van der Waals surface area contributed by atoms with Crippen molar-refractivity contribution in [1.82, 2.24) is 5.43 Å². The van der Waals surface area contributed by atoms with E-state index in [9.17, 15) is 4.79 Å². The summed E-state index contributed by atoms with van der Waals surface area (Å²) in [7, 11) is 0. The van der Waals surface area contributed by atoms with E-state index in [-0.39, 0.29) is 41.4 Å². The summed E-state index contributed by atoms with van der Waals surface area (Å²) >= 11 is 0. The second kappa shape index (κ2) is 10.5. The van der Waals surface area contributed by atoms with Gasteiger partial charge >= 0.3 is 29.6 Å². The zero-order valence-corrected chi connectivity index (χ0v) is 11.0. The minimum atomic E-state index is -0.161. The maximum absolute atomic E-state index is 10.9. The molecule has 1 atom stereocenters. The molecule has 0 radical (unpaired) electrons. The van der Waals surface area contributed by atoms with Crippen molar-refractivity contribution in [1.29, 1.82) is 0 Å². The summed E-state index contributed by atoms with van der Waals surface area (Å²) in [5.41, 5.74) is 1.92. The van der Waals surface area contributed by atoms with Crippen molar-refractivity contribution in [3.63, 3.8) is 0 Å². The van der Waals surface area contributed by atoms with Gasteiger partial charge in [-0.3, -0.25) is 4.79 Å². The molecule has 0 rings (SSSR count). The molecule has 0 aliphatic carbocycles. The zero-order valence-electron chi connectivity index (χ0n) is 9.02. The van der Waals surface area contributed by atoms with Crippen LogP contribution in [0.15, 0.2) is 0 Å².